The van der Waals surface area contributed by atoms with Crippen LogP contribution in [-0.4, -0.2) is 20.2 Å². The predicted molar refractivity (Wildman–Crippen MR) is 69.2 cm³/mol. The minimum absolute atomic E-state index is 1.01. The van der Waals surface area contributed by atoms with Crippen molar-refractivity contribution in [2.75, 3.05) is 20.2 Å². The molecule has 2 heteroatoms. The molecule has 0 saturated carbocycles. The van der Waals surface area contributed by atoms with Crippen molar-refractivity contribution in [3.8, 4) is 5.75 Å². The van der Waals surface area contributed by atoms with Crippen LogP contribution < -0.4 is 10.1 Å². The summed E-state index contributed by atoms with van der Waals surface area (Å²) in [4.78, 5) is 0. The highest BCUT2D eigenvalue weighted by Crippen LogP contribution is 2.20. The number of methoxy groups -OCH3 is 1. The first-order chi connectivity index (χ1) is 7.77. The Bertz CT molecular complexity index is 310. The van der Waals surface area contributed by atoms with Crippen LogP contribution in [0.1, 0.15) is 30.9 Å². The molecule has 0 atom stereocenters. The van der Waals surface area contributed by atoms with Crippen LogP contribution in [0.25, 0.3) is 0 Å². The van der Waals surface area contributed by atoms with E-state index in [1.807, 2.05) is 0 Å². The molecule has 0 saturated heterocycles. The molecule has 0 aromatic heterocycles. The molecule has 0 unspecified atom stereocenters. The van der Waals surface area contributed by atoms with Crippen LogP contribution in [0.3, 0.4) is 0 Å². The highest BCUT2D eigenvalue weighted by molar-refractivity contribution is 5.36. The summed E-state index contributed by atoms with van der Waals surface area (Å²) in [7, 11) is 1.74. The van der Waals surface area contributed by atoms with Gasteiger partial charge in [0, 0.05) is 0 Å². The summed E-state index contributed by atoms with van der Waals surface area (Å²) in [6.45, 7) is 6.52. The zero-order valence-electron chi connectivity index (χ0n) is 10.7. The van der Waals surface area contributed by atoms with E-state index in [0.29, 0.717) is 0 Å². The Morgan fingerprint density at radius 2 is 2.06 bits per heavy atom. The van der Waals surface area contributed by atoms with Crippen molar-refractivity contribution < 1.29 is 4.74 Å². The van der Waals surface area contributed by atoms with Gasteiger partial charge in [-0.05, 0) is 50.9 Å². The number of nitrogens with one attached hydrogen (secondary N) is 1. The van der Waals surface area contributed by atoms with Crippen LogP contribution in [-0.2, 0) is 6.42 Å². The van der Waals surface area contributed by atoms with Crippen molar-refractivity contribution in [1.82, 2.24) is 5.32 Å². The first kappa shape index (κ1) is 13.0. The lowest BCUT2D eigenvalue weighted by atomic mass is 10.1. The molecule has 1 aromatic rings. The fraction of sp³-hybridized carbons (Fsp3) is 0.571. The van der Waals surface area contributed by atoms with Gasteiger partial charge in [-0.3, -0.25) is 0 Å². The monoisotopic (exact) mass is 221 g/mol. The SMILES string of the molecule is CCCNCCCc1cc(C)ccc1OC. The van der Waals surface area contributed by atoms with Crippen molar-refractivity contribution in [2.24, 2.45) is 0 Å². The first-order valence-electron chi connectivity index (χ1n) is 6.12. The van der Waals surface area contributed by atoms with E-state index in [9.17, 15) is 0 Å². The first-order valence-corrected chi connectivity index (χ1v) is 6.12. The van der Waals surface area contributed by atoms with E-state index in [1.54, 1.807) is 7.11 Å². The standard InChI is InChI=1S/C14H23NO/c1-4-9-15-10-5-6-13-11-12(2)7-8-14(13)16-3/h7-8,11,15H,4-6,9-10H2,1-3H3. The smallest absolute Gasteiger partial charge is 0.122 e. The van der Waals surface area contributed by atoms with Gasteiger partial charge in [0.2, 0.25) is 0 Å². The second-order valence-corrected chi connectivity index (χ2v) is 4.17. The molecule has 0 radical (unpaired) electrons. The van der Waals surface area contributed by atoms with Crippen molar-refractivity contribution in [3.63, 3.8) is 0 Å². The third-order valence-corrected chi connectivity index (χ3v) is 2.66. The lowest BCUT2D eigenvalue weighted by Crippen LogP contribution is -2.16. The van der Waals surface area contributed by atoms with Gasteiger partial charge in [0.05, 0.1) is 7.11 Å². The Kier molecular flexibility index (Phi) is 5.94. The van der Waals surface area contributed by atoms with Crippen LogP contribution >= 0.6 is 0 Å². The average molecular weight is 221 g/mol. The number of aryl methyl sites for hydroxylation is 2. The second-order valence-electron chi connectivity index (χ2n) is 4.17. The molecule has 0 fully saturated rings. The minimum atomic E-state index is 1.01. The van der Waals surface area contributed by atoms with E-state index in [4.69, 9.17) is 4.74 Å². The summed E-state index contributed by atoms with van der Waals surface area (Å²) >= 11 is 0. The van der Waals surface area contributed by atoms with Crippen LogP contribution in [0.15, 0.2) is 18.2 Å². The predicted octanol–water partition coefficient (Wildman–Crippen LogP) is 2.94. The minimum Gasteiger partial charge on any atom is -0.496 e. The fourth-order valence-electron chi connectivity index (χ4n) is 1.81. The Labute approximate surface area is 99.0 Å². The van der Waals surface area contributed by atoms with Crippen LogP contribution in [0.2, 0.25) is 0 Å². The fourth-order valence-corrected chi connectivity index (χ4v) is 1.81. The molecule has 2 nitrogen and oxygen atoms in total. The maximum Gasteiger partial charge on any atom is 0.122 e. The van der Waals surface area contributed by atoms with E-state index in [0.717, 1.165) is 25.3 Å². The highest BCUT2D eigenvalue weighted by Gasteiger charge is 2.02. The molecule has 0 aliphatic rings. The van der Waals surface area contributed by atoms with E-state index < -0.39 is 0 Å². The average Bonchev–Trinajstić information content (AvgIpc) is 2.29. The van der Waals surface area contributed by atoms with Gasteiger partial charge in [0.25, 0.3) is 0 Å². The Hall–Kier alpha value is -1.02. The third kappa shape index (κ3) is 4.23. The summed E-state index contributed by atoms with van der Waals surface area (Å²) in [5.41, 5.74) is 2.62. The topological polar surface area (TPSA) is 21.3 Å². The highest BCUT2D eigenvalue weighted by atomic mass is 16.5. The second kappa shape index (κ2) is 7.29. The number of benzene rings is 1. The normalized spacial score (nSPS) is 10.4. The molecule has 0 bridgehead atoms. The molecule has 0 amide bonds. The van der Waals surface area contributed by atoms with Crippen molar-refractivity contribution >= 4 is 0 Å². The maximum atomic E-state index is 5.36. The zero-order chi connectivity index (χ0) is 11.8. The van der Waals surface area contributed by atoms with Gasteiger partial charge in [-0.15, -0.1) is 0 Å². The van der Waals surface area contributed by atoms with Crippen LogP contribution in [0.5, 0.6) is 5.75 Å². The quantitative estimate of drug-likeness (QED) is 0.715. The summed E-state index contributed by atoms with van der Waals surface area (Å²) in [6, 6.07) is 6.38. The van der Waals surface area contributed by atoms with Crippen LogP contribution in [0, 0.1) is 6.92 Å². The lowest BCUT2D eigenvalue weighted by molar-refractivity contribution is 0.408. The molecule has 0 spiro atoms. The molecular formula is C14H23NO. The third-order valence-electron chi connectivity index (χ3n) is 2.66. The van der Waals surface area contributed by atoms with Gasteiger partial charge in [-0.25, -0.2) is 0 Å². The number of hydrogen-bond acceptors (Lipinski definition) is 2. The van der Waals surface area contributed by atoms with Gasteiger partial charge in [-0.1, -0.05) is 24.6 Å². The summed E-state index contributed by atoms with van der Waals surface area (Å²) in [5.74, 6) is 1.01. The molecule has 1 aromatic carbocycles. The number of hydrogen-bond donors (Lipinski definition) is 1. The Balaban J connectivity index is 2.42. The summed E-state index contributed by atoms with van der Waals surface area (Å²) in [6.07, 6.45) is 3.45. The zero-order valence-corrected chi connectivity index (χ0v) is 10.7. The lowest BCUT2D eigenvalue weighted by Gasteiger charge is -2.09. The Morgan fingerprint density at radius 1 is 1.25 bits per heavy atom. The van der Waals surface area contributed by atoms with E-state index >= 15 is 0 Å². The molecule has 1 rings (SSSR count). The number of rotatable bonds is 7. The van der Waals surface area contributed by atoms with Gasteiger partial charge < -0.3 is 10.1 Å². The molecule has 0 aliphatic carbocycles. The molecule has 0 heterocycles. The van der Waals surface area contributed by atoms with Crippen molar-refractivity contribution in [3.05, 3.63) is 29.3 Å². The summed E-state index contributed by atoms with van der Waals surface area (Å²) in [5, 5.41) is 3.42. The van der Waals surface area contributed by atoms with E-state index in [-0.39, 0.29) is 0 Å². The molecule has 1 N–H and O–H groups in total. The maximum absolute atomic E-state index is 5.36. The van der Waals surface area contributed by atoms with Gasteiger partial charge >= 0.3 is 0 Å². The van der Waals surface area contributed by atoms with Gasteiger partial charge in [0.15, 0.2) is 0 Å². The van der Waals surface area contributed by atoms with Crippen molar-refractivity contribution in [1.29, 1.82) is 0 Å². The summed E-state index contributed by atoms with van der Waals surface area (Å²) < 4.78 is 5.36. The largest absolute Gasteiger partial charge is 0.496 e. The van der Waals surface area contributed by atoms with Gasteiger partial charge in [0.1, 0.15) is 5.75 Å². The van der Waals surface area contributed by atoms with Crippen molar-refractivity contribution in [2.45, 2.75) is 33.1 Å². The van der Waals surface area contributed by atoms with Crippen LogP contribution in [0.4, 0.5) is 0 Å². The molecule has 90 valence electrons. The molecular weight excluding hydrogens is 198 g/mol. The van der Waals surface area contributed by atoms with E-state index in [2.05, 4.69) is 37.4 Å². The molecule has 0 aliphatic heterocycles. The Morgan fingerprint density at radius 3 is 2.75 bits per heavy atom. The van der Waals surface area contributed by atoms with E-state index in [1.165, 1.54) is 24.0 Å². The van der Waals surface area contributed by atoms with Gasteiger partial charge in [-0.2, -0.15) is 0 Å². The molecule has 16 heavy (non-hydrogen) atoms. The number of ether oxygens (including phenoxy) is 1.